The standard InChI is InChI=1S/C14H21NO4S/c1-9(2)11-6-5-7-12(10(3)4)14(11)15-20(18,19)8-13(16)17/h5-7,9-10,15H,8H2,1-4H3,(H,16,17). The lowest BCUT2D eigenvalue weighted by atomic mass is 9.93. The van der Waals surface area contributed by atoms with Crippen molar-refractivity contribution in [3.05, 3.63) is 29.3 Å². The van der Waals surface area contributed by atoms with Crippen molar-refractivity contribution in [3.63, 3.8) is 0 Å². The first kappa shape index (κ1) is 16.5. The van der Waals surface area contributed by atoms with Gasteiger partial charge in [-0.25, -0.2) is 8.42 Å². The van der Waals surface area contributed by atoms with Crippen molar-refractivity contribution in [1.29, 1.82) is 0 Å². The Hall–Kier alpha value is -1.56. The van der Waals surface area contributed by atoms with Crippen LogP contribution in [0.5, 0.6) is 0 Å². The summed E-state index contributed by atoms with van der Waals surface area (Å²) in [6.07, 6.45) is 0. The Bertz CT molecular complexity index is 565. The van der Waals surface area contributed by atoms with Gasteiger partial charge in [0.05, 0.1) is 5.69 Å². The molecular formula is C14H21NO4S. The smallest absolute Gasteiger partial charge is 0.320 e. The highest BCUT2D eigenvalue weighted by Crippen LogP contribution is 2.33. The van der Waals surface area contributed by atoms with E-state index in [1.54, 1.807) is 0 Å². The minimum atomic E-state index is -3.90. The van der Waals surface area contributed by atoms with E-state index in [2.05, 4.69) is 4.72 Å². The van der Waals surface area contributed by atoms with Crippen molar-refractivity contribution in [2.24, 2.45) is 0 Å². The summed E-state index contributed by atoms with van der Waals surface area (Å²) < 4.78 is 26.2. The molecule has 0 unspecified atom stereocenters. The largest absolute Gasteiger partial charge is 0.480 e. The SMILES string of the molecule is CC(C)c1cccc(C(C)C)c1NS(=O)(=O)CC(=O)O. The van der Waals surface area contributed by atoms with Crippen molar-refractivity contribution >= 4 is 21.7 Å². The number of aliphatic carboxylic acids is 1. The topological polar surface area (TPSA) is 83.5 Å². The van der Waals surface area contributed by atoms with E-state index in [0.717, 1.165) is 11.1 Å². The molecule has 0 amide bonds. The molecule has 0 aliphatic carbocycles. The lowest BCUT2D eigenvalue weighted by Crippen LogP contribution is -2.24. The number of rotatable bonds is 6. The number of hydrogen-bond donors (Lipinski definition) is 2. The zero-order valence-electron chi connectivity index (χ0n) is 12.2. The Morgan fingerprint density at radius 1 is 1.15 bits per heavy atom. The summed E-state index contributed by atoms with van der Waals surface area (Å²) in [5, 5.41) is 8.66. The normalized spacial score (nSPS) is 11.9. The van der Waals surface area contributed by atoms with Crippen molar-refractivity contribution in [2.45, 2.75) is 39.5 Å². The maximum absolute atomic E-state index is 11.9. The predicted octanol–water partition coefficient (Wildman–Crippen LogP) is 2.76. The molecular weight excluding hydrogens is 278 g/mol. The molecule has 0 atom stereocenters. The number of carbonyl (C=O) groups is 1. The van der Waals surface area contributed by atoms with Gasteiger partial charge in [0.2, 0.25) is 10.0 Å². The molecule has 0 aromatic heterocycles. The number of benzene rings is 1. The van der Waals surface area contributed by atoms with Crippen LogP contribution in [0.15, 0.2) is 18.2 Å². The molecule has 0 bridgehead atoms. The molecule has 1 rings (SSSR count). The molecule has 0 saturated carbocycles. The van der Waals surface area contributed by atoms with Crippen LogP contribution in [0.4, 0.5) is 5.69 Å². The molecule has 0 aliphatic heterocycles. The molecule has 112 valence electrons. The van der Waals surface area contributed by atoms with Crippen LogP contribution in [-0.2, 0) is 14.8 Å². The number of carboxylic acid groups (broad SMARTS) is 1. The summed E-state index contributed by atoms with van der Waals surface area (Å²) in [6.45, 7) is 7.87. The Balaban J connectivity index is 3.31. The van der Waals surface area contributed by atoms with Gasteiger partial charge in [0.15, 0.2) is 5.75 Å². The number of sulfonamides is 1. The van der Waals surface area contributed by atoms with E-state index in [1.165, 1.54) is 0 Å². The average Bonchev–Trinajstić information content (AvgIpc) is 2.25. The van der Waals surface area contributed by atoms with Crippen molar-refractivity contribution < 1.29 is 18.3 Å². The monoisotopic (exact) mass is 299 g/mol. The third kappa shape index (κ3) is 4.23. The van der Waals surface area contributed by atoms with Crippen LogP contribution < -0.4 is 4.72 Å². The van der Waals surface area contributed by atoms with Gasteiger partial charge in [-0.15, -0.1) is 0 Å². The van der Waals surface area contributed by atoms with Gasteiger partial charge in [-0.1, -0.05) is 45.9 Å². The highest BCUT2D eigenvalue weighted by molar-refractivity contribution is 7.93. The highest BCUT2D eigenvalue weighted by atomic mass is 32.2. The predicted molar refractivity (Wildman–Crippen MR) is 79.7 cm³/mol. The fraction of sp³-hybridized carbons (Fsp3) is 0.500. The van der Waals surface area contributed by atoms with Gasteiger partial charge in [0.25, 0.3) is 0 Å². The van der Waals surface area contributed by atoms with E-state index in [1.807, 2.05) is 45.9 Å². The van der Waals surface area contributed by atoms with Crippen molar-refractivity contribution in [3.8, 4) is 0 Å². The van der Waals surface area contributed by atoms with E-state index < -0.39 is 21.7 Å². The highest BCUT2D eigenvalue weighted by Gasteiger charge is 2.21. The van der Waals surface area contributed by atoms with Crippen LogP contribution in [0, 0.1) is 0 Å². The summed E-state index contributed by atoms with van der Waals surface area (Å²) in [5.41, 5.74) is 2.24. The molecule has 20 heavy (non-hydrogen) atoms. The van der Waals surface area contributed by atoms with Gasteiger partial charge >= 0.3 is 5.97 Å². The molecule has 6 heteroatoms. The van der Waals surface area contributed by atoms with Crippen LogP contribution in [0.1, 0.15) is 50.7 Å². The van der Waals surface area contributed by atoms with Gasteiger partial charge in [0, 0.05) is 0 Å². The molecule has 1 aromatic carbocycles. The second-order valence-corrected chi connectivity index (χ2v) is 7.10. The Labute approximate surface area is 120 Å². The summed E-state index contributed by atoms with van der Waals surface area (Å²) in [5.74, 6) is -2.03. The van der Waals surface area contributed by atoms with Crippen LogP contribution in [0.25, 0.3) is 0 Å². The Kier molecular flexibility index (Phi) is 5.16. The maximum atomic E-state index is 11.9. The quantitative estimate of drug-likeness (QED) is 0.846. The molecule has 5 nitrogen and oxygen atoms in total. The first-order valence-corrected chi connectivity index (χ1v) is 8.14. The number of carboxylic acids is 1. The molecule has 0 heterocycles. The number of para-hydroxylation sites is 1. The van der Waals surface area contributed by atoms with Crippen molar-refractivity contribution in [2.75, 3.05) is 10.5 Å². The van der Waals surface area contributed by atoms with E-state index in [9.17, 15) is 13.2 Å². The fourth-order valence-electron chi connectivity index (χ4n) is 2.02. The van der Waals surface area contributed by atoms with Crippen molar-refractivity contribution in [1.82, 2.24) is 0 Å². The van der Waals surface area contributed by atoms with Crippen LogP contribution in [0.2, 0.25) is 0 Å². The van der Waals surface area contributed by atoms with Crippen LogP contribution >= 0.6 is 0 Å². The zero-order chi connectivity index (χ0) is 15.5. The summed E-state index contributed by atoms with van der Waals surface area (Å²) in [6, 6.07) is 5.60. The average molecular weight is 299 g/mol. The Morgan fingerprint density at radius 2 is 1.60 bits per heavy atom. The lowest BCUT2D eigenvalue weighted by Gasteiger charge is -2.20. The van der Waals surface area contributed by atoms with Gasteiger partial charge in [0.1, 0.15) is 0 Å². The van der Waals surface area contributed by atoms with E-state index >= 15 is 0 Å². The van der Waals surface area contributed by atoms with Gasteiger partial charge in [-0.05, 0) is 23.0 Å². The van der Waals surface area contributed by atoms with Gasteiger partial charge < -0.3 is 5.11 Å². The minimum absolute atomic E-state index is 0.135. The van der Waals surface area contributed by atoms with Gasteiger partial charge in [-0.3, -0.25) is 9.52 Å². The van der Waals surface area contributed by atoms with E-state index in [-0.39, 0.29) is 11.8 Å². The van der Waals surface area contributed by atoms with Crippen LogP contribution in [-0.4, -0.2) is 25.2 Å². The molecule has 2 N–H and O–H groups in total. The number of anilines is 1. The zero-order valence-corrected chi connectivity index (χ0v) is 13.0. The minimum Gasteiger partial charge on any atom is -0.480 e. The van der Waals surface area contributed by atoms with E-state index in [4.69, 9.17) is 5.11 Å². The molecule has 0 fully saturated rings. The molecule has 0 saturated heterocycles. The van der Waals surface area contributed by atoms with Gasteiger partial charge in [-0.2, -0.15) is 0 Å². The lowest BCUT2D eigenvalue weighted by molar-refractivity contribution is -0.134. The third-order valence-corrected chi connectivity index (χ3v) is 4.09. The molecule has 0 radical (unpaired) electrons. The first-order chi connectivity index (χ1) is 9.14. The van der Waals surface area contributed by atoms with E-state index in [0.29, 0.717) is 5.69 Å². The maximum Gasteiger partial charge on any atom is 0.320 e. The summed E-state index contributed by atoms with van der Waals surface area (Å²) >= 11 is 0. The fourth-order valence-corrected chi connectivity index (χ4v) is 2.97. The molecule has 1 aromatic rings. The van der Waals surface area contributed by atoms with Crippen LogP contribution in [0.3, 0.4) is 0 Å². The number of nitrogens with one attached hydrogen (secondary N) is 1. The Morgan fingerprint density at radius 3 is 1.95 bits per heavy atom. The molecule has 0 aliphatic rings. The third-order valence-electron chi connectivity index (χ3n) is 2.94. The summed E-state index contributed by atoms with van der Waals surface area (Å²) in [7, 11) is -3.90. The second-order valence-electron chi connectivity index (χ2n) is 5.38. The number of hydrogen-bond acceptors (Lipinski definition) is 3. The first-order valence-electron chi connectivity index (χ1n) is 6.49. The summed E-state index contributed by atoms with van der Waals surface area (Å²) in [4.78, 5) is 10.6. The second kappa shape index (κ2) is 6.26. The molecule has 0 spiro atoms.